The van der Waals surface area contributed by atoms with Gasteiger partial charge in [0.1, 0.15) is 17.3 Å². The molecule has 0 aromatic heterocycles. The molecular weight excluding hydrogens is 341 g/mol. The number of piperazine rings is 1. The fourth-order valence-corrected chi connectivity index (χ4v) is 4.42. The molecule has 0 atom stereocenters. The monoisotopic (exact) mass is 359 g/mol. The molecule has 0 bridgehead atoms. The van der Waals surface area contributed by atoms with Gasteiger partial charge in [0.05, 0.1) is 13.2 Å². The number of nitrogens with zero attached hydrogens (tertiary/aromatic N) is 3. The minimum atomic E-state index is -3.79. The Kier molecular flexibility index (Phi) is 4.81. The minimum absolute atomic E-state index is 0.262. The largest absolute Gasteiger partial charge is 0.469 e. The van der Waals surface area contributed by atoms with Crippen LogP contribution in [0.4, 0.5) is 4.39 Å². The molecule has 0 unspecified atom stereocenters. The summed E-state index contributed by atoms with van der Waals surface area (Å²) in [5.41, 5.74) is 0. The zero-order valence-electron chi connectivity index (χ0n) is 12.5. The van der Waals surface area contributed by atoms with Crippen LogP contribution in [0.1, 0.15) is 0 Å². The second-order valence-corrected chi connectivity index (χ2v) is 7.73. The smallest absolute Gasteiger partial charge is 0.260 e. The first-order chi connectivity index (χ1) is 11.0. The van der Waals surface area contributed by atoms with Crippen molar-refractivity contribution in [2.24, 2.45) is 0 Å². The Labute approximate surface area is 140 Å². The third-order valence-electron chi connectivity index (χ3n) is 4.00. The van der Waals surface area contributed by atoms with E-state index in [4.69, 9.17) is 17.0 Å². The van der Waals surface area contributed by atoms with Crippen LogP contribution in [-0.2, 0) is 14.8 Å². The average Bonchev–Trinajstić information content (AvgIpc) is 2.93. The summed E-state index contributed by atoms with van der Waals surface area (Å²) in [6.45, 7) is 3.80. The van der Waals surface area contributed by atoms with E-state index < -0.39 is 15.8 Å². The van der Waals surface area contributed by atoms with Gasteiger partial charge in [-0.25, -0.2) is 12.8 Å². The van der Waals surface area contributed by atoms with Crippen molar-refractivity contribution in [2.75, 3.05) is 46.0 Å². The van der Waals surface area contributed by atoms with Crippen LogP contribution in [-0.4, -0.2) is 73.7 Å². The second-order valence-electron chi connectivity index (χ2n) is 5.47. The molecule has 23 heavy (non-hydrogen) atoms. The highest BCUT2D eigenvalue weighted by atomic mass is 32.2. The zero-order chi connectivity index (χ0) is 16.4. The van der Waals surface area contributed by atoms with Gasteiger partial charge < -0.3 is 9.64 Å². The van der Waals surface area contributed by atoms with E-state index in [1.165, 1.54) is 22.5 Å². The molecule has 2 aliphatic heterocycles. The van der Waals surface area contributed by atoms with E-state index in [1.807, 2.05) is 4.90 Å². The summed E-state index contributed by atoms with van der Waals surface area (Å²) in [4.78, 5) is 3.81. The Morgan fingerprint density at radius 2 is 1.83 bits per heavy atom. The minimum Gasteiger partial charge on any atom is -0.469 e. The number of sulfonamides is 1. The summed E-state index contributed by atoms with van der Waals surface area (Å²) in [7, 11) is -3.79. The Balaban J connectivity index is 1.62. The maximum atomic E-state index is 13.8. The van der Waals surface area contributed by atoms with E-state index in [0.29, 0.717) is 44.6 Å². The van der Waals surface area contributed by atoms with E-state index in [-0.39, 0.29) is 4.90 Å². The molecule has 2 saturated heterocycles. The predicted octanol–water partition coefficient (Wildman–Crippen LogP) is 0.707. The summed E-state index contributed by atoms with van der Waals surface area (Å²) >= 11 is 5.10. The first-order valence-corrected chi connectivity index (χ1v) is 9.22. The molecule has 1 aromatic rings. The molecule has 126 valence electrons. The summed E-state index contributed by atoms with van der Waals surface area (Å²) in [5.74, 6) is -0.713. The highest BCUT2D eigenvalue weighted by Gasteiger charge is 2.31. The number of hydrogen-bond donors (Lipinski definition) is 0. The fraction of sp³-hybridized carbons (Fsp3) is 0.500. The quantitative estimate of drug-likeness (QED) is 0.738. The Morgan fingerprint density at radius 3 is 2.43 bits per heavy atom. The number of benzene rings is 1. The molecule has 1 aromatic carbocycles. The van der Waals surface area contributed by atoms with Crippen molar-refractivity contribution in [3.05, 3.63) is 30.1 Å². The second kappa shape index (κ2) is 6.68. The van der Waals surface area contributed by atoms with Crippen LogP contribution in [0.2, 0.25) is 0 Å². The molecule has 0 saturated carbocycles. The number of ether oxygens (including phenoxy) is 1. The molecule has 0 spiro atoms. The van der Waals surface area contributed by atoms with Gasteiger partial charge in [0.25, 0.3) is 5.17 Å². The summed E-state index contributed by atoms with van der Waals surface area (Å²) in [6, 6.07) is 5.47. The van der Waals surface area contributed by atoms with Gasteiger partial charge in [0.2, 0.25) is 10.0 Å². The van der Waals surface area contributed by atoms with E-state index in [9.17, 15) is 12.8 Å². The fourth-order valence-electron chi connectivity index (χ4n) is 2.70. The summed E-state index contributed by atoms with van der Waals surface area (Å²) in [5, 5.41) is 0.492. The molecule has 3 rings (SSSR count). The number of rotatable bonds is 4. The predicted molar refractivity (Wildman–Crippen MR) is 86.9 cm³/mol. The van der Waals surface area contributed by atoms with Crippen molar-refractivity contribution < 1.29 is 17.5 Å². The summed E-state index contributed by atoms with van der Waals surface area (Å²) in [6.07, 6.45) is 0. The van der Waals surface area contributed by atoms with Gasteiger partial charge >= 0.3 is 0 Å². The molecule has 2 heterocycles. The molecule has 0 amide bonds. The van der Waals surface area contributed by atoms with Gasteiger partial charge in [-0.3, -0.25) is 4.90 Å². The van der Waals surface area contributed by atoms with Gasteiger partial charge in [-0.1, -0.05) is 12.1 Å². The van der Waals surface area contributed by atoms with Gasteiger partial charge in [-0.15, -0.1) is 0 Å². The van der Waals surface area contributed by atoms with Crippen LogP contribution in [0.5, 0.6) is 0 Å². The molecule has 0 aliphatic carbocycles. The number of thiocarbonyl (C=S) groups is 1. The highest BCUT2D eigenvalue weighted by molar-refractivity contribution is 7.89. The first kappa shape index (κ1) is 16.6. The molecule has 6 nitrogen and oxygen atoms in total. The lowest BCUT2D eigenvalue weighted by Crippen LogP contribution is -2.51. The molecule has 2 aliphatic rings. The lowest BCUT2D eigenvalue weighted by atomic mass is 10.3. The van der Waals surface area contributed by atoms with Crippen molar-refractivity contribution in [3.63, 3.8) is 0 Å². The van der Waals surface area contributed by atoms with Crippen LogP contribution in [0.3, 0.4) is 0 Å². The average molecular weight is 359 g/mol. The van der Waals surface area contributed by atoms with Crippen LogP contribution in [0.15, 0.2) is 29.2 Å². The van der Waals surface area contributed by atoms with E-state index in [1.54, 1.807) is 0 Å². The standard InChI is InChI=1S/C14H18FN3O3S2/c15-12-3-1-2-4-13(12)23(19,20)18-7-5-16(6-8-18)11-17-9-10-21-14(17)22/h1-4H,5-11H2. The normalized spacial score (nSPS) is 20.7. The van der Waals surface area contributed by atoms with Gasteiger partial charge in [0, 0.05) is 26.2 Å². The molecule has 0 N–H and O–H groups in total. The highest BCUT2D eigenvalue weighted by Crippen LogP contribution is 2.20. The molecule has 2 fully saturated rings. The van der Waals surface area contributed by atoms with Crippen molar-refractivity contribution in [3.8, 4) is 0 Å². The van der Waals surface area contributed by atoms with E-state index in [0.717, 1.165) is 12.6 Å². The van der Waals surface area contributed by atoms with E-state index in [2.05, 4.69) is 4.90 Å². The number of hydrogen-bond acceptors (Lipinski definition) is 5. The first-order valence-electron chi connectivity index (χ1n) is 7.37. The Bertz CT molecular complexity index is 690. The van der Waals surface area contributed by atoms with Gasteiger partial charge in [0.15, 0.2) is 0 Å². The van der Waals surface area contributed by atoms with Crippen LogP contribution in [0.25, 0.3) is 0 Å². The lowest BCUT2D eigenvalue weighted by molar-refractivity contribution is 0.142. The zero-order valence-corrected chi connectivity index (χ0v) is 14.2. The Morgan fingerprint density at radius 1 is 1.13 bits per heavy atom. The molecular formula is C14H18FN3O3S2. The van der Waals surface area contributed by atoms with E-state index >= 15 is 0 Å². The van der Waals surface area contributed by atoms with Gasteiger partial charge in [-0.05, 0) is 24.4 Å². The van der Waals surface area contributed by atoms with Crippen LogP contribution in [0, 0.1) is 5.82 Å². The third kappa shape index (κ3) is 3.47. The maximum absolute atomic E-state index is 13.8. The van der Waals surface area contributed by atoms with Crippen molar-refractivity contribution in [2.45, 2.75) is 4.90 Å². The van der Waals surface area contributed by atoms with Crippen LogP contribution >= 0.6 is 12.2 Å². The topological polar surface area (TPSA) is 53.1 Å². The SMILES string of the molecule is O=S(=O)(c1ccccc1F)N1CCN(CN2CCOC2=S)CC1. The van der Waals surface area contributed by atoms with Crippen molar-refractivity contribution in [1.82, 2.24) is 14.1 Å². The lowest BCUT2D eigenvalue weighted by Gasteiger charge is -2.35. The van der Waals surface area contributed by atoms with Gasteiger partial charge in [-0.2, -0.15) is 4.31 Å². The molecule has 9 heteroatoms. The third-order valence-corrected chi connectivity index (χ3v) is 6.31. The Hall–Kier alpha value is -1.29. The van der Waals surface area contributed by atoms with Crippen molar-refractivity contribution in [1.29, 1.82) is 0 Å². The summed E-state index contributed by atoms with van der Waals surface area (Å²) < 4.78 is 45.4. The number of halogens is 1. The van der Waals surface area contributed by atoms with Crippen molar-refractivity contribution >= 4 is 27.4 Å². The molecule has 0 radical (unpaired) electrons. The van der Waals surface area contributed by atoms with Crippen LogP contribution < -0.4 is 0 Å². The maximum Gasteiger partial charge on any atom is 0.260 e.